The minimum atomic E-state index is -3.30. The second-order valence-corrected chi connectivity index (χ2v) is 8.31. The van der Waals surface area contributed by atoms with Gasteiger partial charge in [0.1, 0.15) is 0 Å². The molecule has 0 atom stereocenters. The zero-order valence-corrected chi connectivity index (χ0v) is 15.5. The molecule has 0 aliphatic carbocycles. The van der Waals surface area contributed by atoms with Crippen LogP contribution in [0.3, 0.4) is 0 Å². The Balaban J connectivity index is 1.77. The Morgan fingerprint density at radius 2 is 1.92 bits per heavy atom. The van der Waals surface area contributed by atoms with E-state index in [9.17, 15) is 13.2 Å². The Labute approximate surface area is 153 Å². The molecule has 26 heavy (non-hydrogen) atoms. The first-order valence-electron chi connectivity index (χ1n) is 8.15. The van der Waals surface area contributed by atoms with Crippen LogP contribution in [0.25, 0.3) is 0 Å². The first kappa shape index (κ1) is 18.0. The Bertz CT molecular complexity index is 992. The summed E-state index contributed by atoms with van der Waals surface area (Å²) in [5, 5.41) is 8.84. The first-order valence-corrected chi connectivity index (χ1v) is 9.99. The van der Waals surface area contributed by atoms with Crippen LogP contribution in [0.5, 0.6) is 0 Å². The molecule has 1 amide bonds. The lowest BCUT2D eigenvalue weighted by Crippen LogP contribution is -2.27. The maximum atomic E-state index is 12.7. The van der Waals surface area contributed by atoms with E-state index in [0.717, 1.165) is 11.1 Å². The smallest absolute Gasteiger partial charge is 0.253 e. The molecule has 1 aliphatic heterocycles. The molecule has 0 bridgehead atoms. The third-order valence-electron chi connectivity index (χ3n) is 4.43. The van der Waals surface area contributed by atoms with Crippen molar-refractivity contribution < 1.29 is 13.2 Å². The maximum absolute atomic E-state index is 12.7. The molecule has 2 aromatic rings. The van der Waals surface area contributed by atoms with Crippen LogP contribution in [-0.4, -0.2) is 39.1 Å². The molecule has 0 fully saturated rings. The normalized spacial score (nSPS) is 13.2. The lowest BCUT2D eigenvalue weighted by atomic mass is 10.1. The lowest BCUT2D eigenvalue weighted by molar-refractivity contribution is 0.0785. The number of carbonyl (C=O) groups is 1. The molecule has 1 heterocycles. The van der Waals surface area contributed by atoms with Crippen molar-refractivity contribution in [1.82, 2.24) is 4.90 Å². The summed E-state index contributed by atoms with van der Waals surface area (Å²) < 4.78 is 25.0. The molecule has 0 radical (unpaired) electrons. The number of fused-ring (bicyclic) bond motifs is 1. The Kier molecular flexibility index (Phi) is 4.70. The van der Waals surface area contributed by atoms with Crippen LogP contribution in [0.4, 0.5) is 5.69 Å². The molecular formula is C19H19N3O3S. The van der Waals surface area contributed by atoms with Gasteiger partial charge >= 0.3 is 0 Å². The van der Waals surface area contributed by atoms with Gasteiger partial charge in [-0.05, 0) is 47.9 Å². The van der Waals surface area contributed by atoms with E-state index in [1.54, 1.807) is 42.3 Å². The Hall–Kier alpha value is -2.85. The highest BCUT2D eigenvalue weighted by atomic mass is 32.2. The number of sulfonamides is 1. The van der Waals surface area contributed by atoms with E-state index in [4.69, 9.17) is 5.26 Å². The van der Waals surface area contributed by atoms with Gasteiger partial charge in [0.15, 0.2) is 0 Å². The van der Waals surface area contributed by atoms with Gasteiger partial charge in [-0.3, -0.25) is 9.10 Å². The molecule has 2 aromatic carbocycles. The molecular weight excluding hydrogens is 350 g/mol. The van der Waals surface area contributed by atoms with E-state index in [-0.39, 0.29) is 5.91 Å². The fourth-order valence-corrected chi connectivity index (χ4v) is 4.06. The minimum Gasteiger partial charge on any atom is -0.337 e. The Morgan fingerprint density at radius 3 is 2.54 bits per heavy atom. The fraction of sp³-hybridized carbons (Fsp3) is 0.263. The quantitative estimate of drug-likeness (QED) is 0.827. The number of hydrogen-bond donors (Lipinski definition) is 0. The van der Waals surface area contributed by atoms with Gasteiger partial charge in [0.2, 0.25) is 10.0 Å². The van der Waals surface area contributed by atoms with Crippen LogP contribution in [0.2, 0.25) is 0 Å². The van der Waals surface area contributed by atoms with E-state index in [1.807, 2.05) is 12.1 Å². The largest absolute Gasteiger partial charge is 0.337 e. The van der Waals surface area contributed by atoms with Crippen molar-refractivity contribution in [2.45, 2.75) is 13.0 Å². The molecule has 0 saturated heterocycles. The first-order chi connectivity index (χ1) is 12.3. The predicted molar refractivity (Wildman–Crippen MR) is 99.3 cm³/mol. The van der Waals surface area contributed by atoms with Crippen LogP contribution in [0.1, 0.15) is 27.0 Å². The molecule has 0 spiro atoms. The van der Waals surface area contributed by atoms with Gasteiger partial charge in [-0.1, -0.05) is 12.1 Å². The van der Waals surface area contributed by atoms with Gasteiger partial charge in [-0.15, -0.1) is 0 Å². The van der Waals surface area contributed by atoms with Crippen molar-refractivity contribution in [2.75, 3.05) is 24.2 Å². The van der Waals surface area contributed by atoms with Crippen molar-refractivity contribution >= 4 is 21.6 Å². The zero-order chi connectivity index (χ0) is 18.9. The molecule has 1 aliphatic rings. The highest BCUT2D eigenvalue weighted by Crippen LogP contribution is 2.31. The van der Waals surface area contributed by atoms with Gasteiger partial charge < -0.3 is 4.90 Å². The van der Waals surface area contributed by atoms with E-state index in [0.29, 0.717) is 36.3 Å². The summed E-state index contributed by atoms with van der Waals surface area (Å²) in [5.41, 5.74) is 3.57. The third kappa shape index (κ3) is 3.55. The van der Waals surface area contributed by atoms with Crippen LogP contribution >= 0.6 is 0 Å². The van der Waals surface area contributed by atoms with Gasteiger partial charge in [0.05, 0.1) is 23.6 Å². The van der Waals surface area contributed by atoms with Gasteiger partial charge in [0, 0.05) is 25.7 Å². The van der Waals surface area contributed by atoms with Gasteiger partial charge in [-0.25, -0.2) is 8.42 Å². The van der Waals surface area contributed by atoms with Crippen molar-refractivity contribution in [2.24, 2.45) is 0 Å². The van der Waals surface area contributed by atoms with Crippen molar-refractivity contribution in [3.8, 4) is 6.07 Å². The summed E-state index contributed by atoms with van der Waals surface area (Å²) in [4.78, 5) is 14.3. The van der Waals surface area contributed by atoms with Crippen molar-refractivity contribution in [3.05, 3.63) is 64.7 Å². The van der Waals surface area contributed by atoms with E-state index < -0.39 is 10.0 Å². The van der Waals surface area contributed by atoms with E-state index >= 15 is 0 Å². The second kappa shape index (κ2) is 6.81. The standard InChI is InChI=1S/C19H19N3O3S/c1-21(13-15-5-3-14(12-20)4-6-15)19(23)17-7-8-18-16(11-17)9-10-22(18)26(2,24)25/h3-8,11H,9-10,13H2,1-2H3. The van der Waals surface area contributed by atoms with Crippen LogP contribution in [0.15, 0.2) is 42.5 Å². The molecule has 0 saturated carbocycles. The highest BCUT2D eigenvalue weighted by Gasteiger charge is 2.27. The van der Waals surface area contributed by atoms with Crippen molar-refractivity contribution in [3.63, 3.8) is 0 Å². The molecule has 0 unspecified atom stereocenters. The van der Waals surface area contributed by atoms with E-state index in [2.05, 4.69) is 6.07 Å². The SMILES string of the molecule is CN(Cc1ccc(C#N)cc1)C(=O)c1ccc2c(c1)CCN2S(C)(=O)=O. The lowest BCUT2D eigenvalue weighted by Gasteiger charge is -2.19. The number of nitrogens with zero attached hydrogens (tertiary/aromatic N) is 3. The predicted octanol–water partition coefficient (Wildman–Crippen LogP) is 2.15. The Morgan fingerprint density at radius 1 is 1.23 bits per heavy atom. The fourth-order valence-electron chi connectivity index (χ4n) is 3.10. The average Bonchev–Trinajstić information content (AvgIpc) is 3.05. The number of anilines is 1. The van der Waals surface area contributed by atoms with Crippen molar-refractivity contribution in [1.29, 1.82) is 5.26 Å². The minimum absolute atomic E-state index is 0.130. The van der Waals surface area contributed by atoms with Crippen LogP contribution < -0.4 is 4.31 Å². The summed E-state index contributed by atoms with van der Waals surface area (Å²) in [6, 6.07) is 14.3. The number of carbonyl (C=O) groups excluding carboxylic acids is 1. The van der Waals surface area contributed by atoms with Gasteiger partial charge in [-0.2, -0.15) is 5.26 Å². The van der Waals surface area contributed by atoms with Crippen LogP contribution in [0, 0.1) is 11.3 Å². The summed E-state index contributed by atoms with van der Waals surface area (Å²) in [5.74, 6) is -0.130. The number of nitriles is 1. The van der Waals surface area contributed by atoms with Crippen LogP contribution in [-0.2, 0) is 23.0 Å². The number of benzene rings is 2. The topological polar surface area (TPSA) is 81.5 Å². The van der Waals surface area contributed by atoms with Gasteiger partial charge in [0.25, 0.3) is 5.91 Å². The number of hydrogen-bond acceptors (Lipinski definition) is 4. The molecule has 6 nitrogen and oxygen atoms in total. The third-order valence-corrected chi connectivity index (χ3v) is 5.61. The summed E-state index contributed by atoms with van der Waals surface area (Å²) in [6.45, 7) is 0.837. The molecule has 0 aromatic heterocycles. The number of rotatable bonds is 4. The second-order valence-electron chi connectivity index (χ2n) is 6.40. The zero-order valence-electron chi connectivity index (χ0n) is 14.6. The average molecular weight is 369 g/mol. The summed E-state index contributed by atoms with van der Waals surface area (Å²) >= 11 is 0. The number of amides is 1. The monoisotopic (exact) mass is 369 g/mol. The van der Waals surface area contributed by atoms with E-state index in [1.165, 1.54) is 10.6 Å². The molecule has 3 rings (SSSR count). The maximum Gasteiger partial charge on any atom is 0.253 e. The summed E-state index contributed by atoms with van der Waals surface area (Å²) in [7, 11) is -1.58. The molecule has 7 heteroatoms. The molecule has 0 N–H and O–H groups in total. The summed E-state index contributed by atoms with van der Waals surface area (Å²) in [6.07, 6.45) is 1.79. The molecule has 134 valence electrons. The highest BCUT2D eigenvalue weighted by molar-refractivity contribution is 7.92.